The molecule has 1 aromatic carbocycles. The highest BCUT2D eigenvalue weighted by Gasteiger charge is 2.02. The molecule has 0 unspecified atom stereocenters. The summed E-state index contributed by atoms with van der Waals surface area (Å²) in [5, 5.41) is 0.956. The van der Waals surface area contributed by atoms with Gasteiger partial charge in [0.25, 0.3) is 0 Å². The van der Waals surface area contributed by atoms with E-state index in [1.807, 2.05) is 0 Å². The summed E-state index contributed by atoms with van der Waals surface area (Å²) in [6.07, 6.45) is 1.97. The highest BCUT2D eigenvalue weighted by Crippen LogP contribution is 2.22. The zero-order chi connectivity index (χ0) is 10.4. The fraction of sp³-hybridized carbons (Fsp3) is 0.400. The van der Waals surface area contributed by atoms with Crippen LogP contribution < -0.4 is 4.74 Å². The molecule has 0 aliphatic carbocycles. The Balaban J connectivity index is 2.45. The van der Waals surface area contributed by atoms with Gasteiger partial charge in [-0.25, -0.2) is 4.39 Å². The first-order chi connectivity index (χ1) is 6.74. The van der Waals surface area contributed by atoms with Gasteiger partial charge in [0.1, 0.15) is 0 Å². The molecule has 14 heavy (non-hydrogen) atoms. The van der Waals surface area contributed by atoms with Crippen molar-refractivity contribution in [2.24, 2.45) is 0 Å². The second kappa shape index (κ2) is 6.40. The van der Waals surface area contributed by atoms with Crippen molar-refractivity contribution in [1.82, 2.24) is 0 Å². The molecule has 0 bridgehead atoms. The van der Waals surface area contributed by atoms with Crippen molar-refractivity contribution in [1.29, 1.82) is 0 Å². The van der Waals surface area contributed by atoms with E-state index < -0.39 is 0 Å². The van der Waals surface area contributed by atoms with Crippen molar-refractivity contribution in [3.8, 4) is 5.75 Å². The smallest absolute Gasteiger partial charge is 0.165 e. The minimum atomic E-state index is -0.313. The lowest BCUT2D eigenvalue weighted by atomic mass is 10.3. The molecule has 78 valence electrons. The fourth-order valence-corrected chi connectivity index (χ4v) is 1.70. The van der Waals surface area contributed by atoms with E-state index in [-0.39, 0.29) is 5.82 Å². The molecule has 0 atom stereocenters. The van der Waals surface area contributed by atoms with Crippen LogP contribution in [0, 0.1) is 5.82 Å². The van der Waals surface area contributed by atoms with Crippen LogP contribution in [0.2, 0.25) is 0 Å². The minimum Gasteiger partial charge on any atom is -0.490 e. The van der Waals surface area contributed by atoms with Crippen LogP contribution in [0.1, 0.15) is 12.8 Å². The van der Waals surface area contributed by atoms with Crippen LogP contribution in [0.4, 0.5) is 4.39 Å². The maximum absolute atomic E-state index is 13.1. The number of rotatable bonds is 5. The van der Waals surface area contributed by atoms with E-state index in [2.05, 4.69) is 31.9 Å². The lowest BCUT2D eigenvalue weighted by Gasteiger charge is -2.06. The minimum absolute atomic E-state index is 0.313. The van der Waals surface area contributed by atoms with E-state index in [0.29, 0.717) is 12.4 Å². The number of halogens is 3. The highest BCUT2D eigenvalue weighted by atomic mass is 79.9. The number of unbranched alkanes of at least 4 members (excludes halogenated alkanes) is 1. The molecule has 0 saturated carbocycles. The summed E-state index contributed by atoms with van der Waals surface area (Å²) in [4.78, 5) is 0. The summed E-state index contributed by atoms with van der Waals surface area (Å²) in [7, 11) is 0. The SMILES string of the molecule is Fc1ccc(Br)cc1OCCCCBr. The van der Waals surface area contributed by atoms with Gasteiger partial charge in [0.2, 0.25) is 0 Å². The topological polar surface area (TPSA) is 9.23 Å². The Morgan fingerprint density at radius 1 is 1.29 bits per heavy atom. The molecule has 0 aliphatic heterocycles. The number of hydrogen-bond acceptors (Lipinski definition) is 1. The molecule has 0 saturated heterocycles. The Hall–Kier alpha value is -0.0900. The van der Waals surface area contributed by atoms with Gasteiger partial charge in [-0.2, -0.15) is 0 Å². The third-order valence-corrected chi connectivity index (χ3v) is 2.73. The van der Waals surface area contributed by atoms with E-state index in [1.165, 1.54) is 6.07 Å². The maximum atomic E-state index is 13.1. The predicted octanol–water partition coefficient (Wildman–Crippen LogP) is 4.14. The van der Waals surface area contributed by atoms with Gasteiger partial charge in [-0.3, -0.25) is 0 Å². The molecule has 1 aromatic rings. The number of alkyl halides is 1. The van der Waals surface area contributed by atoms with Crippen molar-refractivity contribution in [2.75, 3.05) is 11.9 Å². The van der Waals surface area contributed by atoms with Crippen molar-refractivity contribution in [3.05, 3.63) is 28.5 Å². The molecule has 0 aliphatic rings. The first kappa shape index (κ1) is 12.0. The van der Waals surface area contributed by atoms with Gasteiger partial charge < -0.3 is 4.74 Å². The number of ether oxygens (including phenoxy) is 1. The largest absolute Gasteiger partial charge is 0.490 e. The lowest BCUT2D eigenvalue weighted by Crippen LogP contribution is -1.99. The Morgan fingerprint density at radius 2 is 2.07 bits per heavy atom. The van der Waals surface area contributed by atoms with E-state index in [0.717, 1.165) is 22.6 Å². The summed E-state index contributed by atoms with van der Waals surface area (Å²) in [5.41, 5.74) is 0. The van der Waals surface area contributed by atoms with Crippen LogP contribution in [0.3, 0.4) is 0 Å². The average molecular weight is 326 g/mol. The van der Waals surface area contributed by atoms with Gasteiger partial charge in [-0.15, -0.1) is 0 Å². The van der Waals surface area contributed by atoms with Gasteiger partial charge in [-0.05, 0) is 31.0 Å². The second-order valence-electron chi connectivity index (χ2n) is 2.82. The first-order valence-electron chi connectivity index (χ1n) is 4.38. The zero-order valence-electron chi connectivity index (χ0n) is 7.60. The molecule has 1 nitrogen and oxygen atoms in total. The molecule has 1 rings (SSSR count). The predicted molar refractivity (Wildman–Crippen MR) is 62.6 cm³/mol. The summed E-state index contributed by atoms with van der Waals surface area (Å²) in [6, 6.07) is 4.69. The van der Waals surface area contributed by atoms with Crippen LogP contribution in [0.15, 0.2) is 22.7 Å². The van der Waals surface area contributed by atoms with Gasteiger partial charge in [0.15, 0.2) is 11.6 Å². The lowest BCUT2D eigenvalue weighted by molar-refractivity contribution is 0.294. The average Bonchev–Trinajstić information content (AvgIpc) is 2.18. The van der Waals surface area contributed by atoms with Gasteiger partial charge >= 0.3 is 0 Å². The Morgan fingerprint density at radius 3 is 2.79 bits per heavy atom. The van der Waals surface area contributed by atoms with E-state index >= 15 is 0 Å². The van der Waals surface area contributed by atoms with E-state index in [1.54, 1.807) is 12.1 Å². The van der Waals surface area contributed by atoms with E-state index in [9.17, 15) is 4.39 Å². The molecule has 0 fully saturated rings. The van der Waals surface area contributed by atoms with Crippen LogP contribution >= 0.6 is 31.9 Å². The molecule has 0 radical (unpaired) electrons. The van der Waals surface area contributed by atoms with Crippen molar-refractivity contribution < 1.29 is 9.13 Å². The zero-order valence-corrected chi connectivity index (χ0v) is 10.8. The van der Waals surface area contributed by atoms with Crippen molar-refractivity contribution in [2.45, 2.75) is 12.8 Å². The standard InChI is InChI=1S/C10H11Br2FO/c11-5-1-2-6-14-10-7-8(12)3-4-9(10)13/h3-4,7H,1-2,5-6H2. The Bertz CT molecular complexity index is 291. The molecule has 0 spiro atoms. The normalized spacial score (nSPS) is 10.2. The molecule has 4 heteroatoms. The molecule has 0 amide bonds. The second-order valence-corrected chi connectivity index (χ2v) is 4.53. The van der Waals surface area contributed by atoms with Crippen LogP contribution in [-0.2, 0) is 0 Å². The quantitative estimate of drug-likeness (QED) is 0.584. The fourth-order valence-electron chi connectivity index (χ4n) is 0.966. The molecular weight excluding hydrogens is 315 g/mol. The summed E-state index contributed by atoms with van der Waals surface area (Å²) >= 11 is 6.59. The van der Waals surface area contributed by atoms with Crippen LogP contribution in [-0.4, -0.2) is 11.9 Å². The molecule has 0 heterocycles. The van der Waals surface area contributed by atoms with Crippen LogP contribution in [0.25, 0.3) is 0 Å². The van der Waals surface area contributed by atoms with Crippen molar-refractivity contribution >= 4 is 31.9 Å². The third-order valence-electron chi connectivity index (χ3n) is 1.68. The number of benzene rings is 1. The van der Waals surface area contributed by atoms with Gasteiger partial charge in [-0.1, -0.05) is 31.9 Å². The summed E-state index contributed by atoms with van der Waals surface area (Å²) < 4.78 is 19.2. The van der Waals surface area contributed by atoms with Gasteiger partial charge in [0, 0.05) is 9.80 Å². The van der Waals surface area contributed by atoms with Gasteiger partial charge in [0.05, 0.1) is 6.61 Å². The monoisotopic (exact) mass is 324 g/mol. The molecule has 0 aromatic heterocycles. The molecular formula is C10H11Br2FO. The first-order valence-corrected chi connectivity index (χ1v) is 6.29. The Labute approximate surface area is 99.9 Å². The highest BCUT2D eigenvalue weighted by molar-refractivity contribution is 9.10. The van der Waals surface area contributed by atoms with E-state index in [4.69, 9.17) is 4.74 Å². The van der Waals surface area contributed by atoms with Crippen molar-refractivity contribution in [3.63, 3.8) is 0 Å². The number of hydrogen-bond donors (Lipinski definition) is 0. The summed E-state index contributed by atoms with van der Waals surface area (Å²) in [5.74, 6) is 0.000916. The third kappa shape index (κ3) is 3.96. The van der Waals surface area contributed by atoms with Crippen LogP contribution in [0.5, 0.6) is 5.75 Å². The maximum Gasteiger partial charge on any atom is 0.165 e. The Kier molecular flexibility index (Phi) is 5.48. The molecule has 0 N–H and O–H groups in total. The summed E-state index contributed by atoms with van der Waals surface area (Å²) in [6.45, 7) is 0.555.